The van der Waals surface area contributed by atoms with Crippen LogP contribution in [0.1, 0.15) is 16.7 Å². The molecule has 1 aliphatic rings. The van der Waals surface area contributed by atoms with E-state index in [1.807, 2.05) is 48.5 Å². The molecule has 3 nitrogen and oxygen atoms in total. The molecule has 1 heterocycles. The minimum Gasteiger partial charge on any atom is -0.412 e. The Morgan fingerprint density at radius 1 is 0.724 bits per heavy atom. The van der Waals surface area contributed by atoms with E-state index in [4.69, 9.17) is 46.4 Å². The van der Waals surface area contributed by atoms with Gasteiger partial charge in [-0.3, -0.25) is 4.79 Å². The van der Waals surface area contributed by atoms with Crippen LogP contribution in [0.4, 0.5) is 5.69 Å². The molecule has 0 aliphatic carbocycles. The van der Waals surface area contributed by atoms with Crippen molar-refractivity contribution < 1.29 is 10.3 Å². The molecule has 29 heavy (non-hydrogen) atoms. The molecule has 0 spiro atoms. The summed E-state index contributed by atoms with van der Waals surface area (Å²) >= 11 is 24.6. The molecule has 3 aromatic rings. The van der Waals surface area contributed by atoms with E-state index in [2.05, 4.69) is 5.32 Å². The minimum absolute atomic E-state index is 0. The quantitative estimate of drug-likeness (QED) is 0.490. The van der Waals surface area contributed by atoms with Crippen LogP contribution < -0.4 is 5.32 Å². The molecular weight excluding hydrogens is 452 g/mol. The van der Waals surface area contributed by atoms with Crippen molar-refractivity contribution in [1.29, 1.82) is 0 Å². The maximum atomic E-state index is 13.2. The van der Waals surface area contributed by atoms with Crippen LogP contribution in [0.3, 0.4) is 0 Å². The van der Waals surface area contributed by atoms with Gasteiger partial charge in [-0.25, -0.2) is 0 Å². The highest BCUT2D eigenvalue weighted by Crippen LogP contribution is 2.43. The third-order valence-corrected chi connectivity index (χ3v) is 6.58. The lowest BCUT2D eigenvalue weighted by Crippen LogP contribution is -2.39. The van der Waals surface area contributed by atoms with E-state index in [0.717, 1.165) is 22.4 Å². The van der Waals surface area contributed by atoms with Gasteiger partial charge in [-0.1, -0.05) is 76.7 Å². The molecule has 0 aromatic heterocycles. The number of amides is 1. The predicted octanol–water partition coefficient (Wildman–Crippen LogP) is 6.15. The van der Waals surface area contributed by atoms with Gasteiger partial charge in [-0.2, -0.15) is 0 Å². The second-order valence-electron chi connectivity index (χ2n) is 6.93. The average molecular weight is 469 g/mol. The fourth-order valence-corrected chi connectivity index (χ4v) is 4.42. The van der Waals surface area contributed by atoms with Crippen molar-refractivity contribution in [2.24, 2.45) is 0 Å². The predicted molar refractivity (Wildman–Crippen MR) is 121 cm³/mol. The average Bonchev–Trinajstić information content (AvgIpc) is 2.93. The van der Waals surface area contributed by atoms with Crippen molar-refractivity contribution in [2.45, 2.75) is 18.3 Å². The number of carbonyl (C=O) groups is 1. The molecule has 0 saturated heterocycles. The molecule has 1 amide bonds. The van der Waals surface area contributed by atoms with Gasteiger partial charge in [0.25, 0.3) is 0 Å². The van der Waals surface area contributed by atoms with Gasteiger partial charge < -0.3 is 10.8 Å². The van der Waals surface area contributed by atoms with Gasteiger partial charge in [0.15, 0.2) is 0 Å². The number of anilines is 1. The summed E-state index contributed by atoms with van der Waals surface area (Å²) in [4.78, 5) is 13.2. The fraction of sp³-hybridized carbons (Fsp3) is 0.136. The Kier molecular flexibility index (Phi) is 6.47. The van der Waals surface area contributed by atoms with Crippen molar-refractivity contribution in [2.75, 3.05) is 5.32 Å². The van der Waals surface area contributed by atoms with E-state index in [-0.39, 0.29) is 11.4 Å². The van der Waals surface area contributed by atoms with Crippen LogP contribution in [-0.4, -0.2) is 11.4 Å². The van der Waals surface area contributed by atoms with Crippen LogP contribution in [0.5, 0.6) is 0 Å². The lowest BCUT2D eigenvalue weighted by molar-refractivity contribution is -0.120. The molecule has 0 atom stereocenters. The third kappa shape index (κ3) is 4.11. The number of hydrogen-bond donors (Lipinski definition) is 1. The summed E-state index contributed by atoms with van der Waals surface area (Å²) < 4.78 is 0. The Morgan fingerprint density at radius 3 is 1.76 bits per heavy atom. The maximum absolute atomic E-state index is 13.2. The highest BCUT2D eigenvalue weighted by atomic mass is 35.5. The van der Waals surface area contributed by atoms with Crippen LogP contribution in [-0.2, 0) is 23.1 Å². The molecule has 7 heteroatoms. The third-order valence-electron chi connectivity index (χ3n) is 5.11. The number of hydrogen-bond acceptors (Lipinski definition) is 1. The number of para-hydroxylation sites is 1. The molecule has 0 saturated carbocycles. The van der Waals surface area contributed by atoms with E-state index >= 15 is 0 Å². The highest BCUT2D eigenvalue weighted by Gasteiger charge is 2.46. The van der Waals surface area contributed by atoms with Gasteiger partial charge in [-0.05, 0) is 59.9 Å². The standard InChI is InChI=1S/C22H15Cl4NO.H2O/c23-16-7-5-13(9-18(16)25)11-22(12-14-6-8-17(24)19(26)10-14)15-3-1-2-4-20(15)27-21(22)28;/h1-10H,11-12H2,(H,27,28);1H2. The zero-order chi connectivity index (χ0) is 19.9. The number of rotatable bonds is 4. The summed E-state index contributed by atoms with van der Waals surface area (Å²) in [5.74, 6) is -0.0501. The highest BCUT2D eigenvalue weighted by molar-refractivity contribution is 6.42. The monoisotopic (exact) mass is 467 g/mol. The Hall–Kier alpha value is -1.75. The molecular formula is C22H17Cl4NO2. The zero-order valence-corrected chi connectivity index (χ0v) is 18.1. The first-order valence-electron chi connectivity index (χ1n) is 8.68. The zero-order valence-electron chi connectivity index (χ0n) is 15.1. The largest absolute Gasteiger partial charge is 0.412 e. The second kappa shape index (κ2) is 8.55. The molecule has 150 valence electrons. The lowest BCUT2D eigenvalue weighted by atomic mass is 9.72. The van der Waals surface area contributed by atoms with Gasteiger partial charge in [0, 0.05) is 5.69 Å². The summed E-state index contributed by atoms with van der Waals surface area (Å²) in [5.41, 5.74) is 2.86. The first-order valence-corrected chi connectivity index (χ1v) is 10.2. The van der Waals surface area contributed by atoms with Gasteiger partial charge in [-0.15, -0.1) is 0 Å². The molecule has 3 aromatic carbocycles. The molecule has 0 fully saturated rings. The van der Waals surface area contributed by atoms with Gasteiger partial charge in [0.2, 0.25) is 5.91 Å². The van der Waals surface area contributed by atoms with Crippen molar-refractivity contribution in [3.63, 3.8) is 0 Å². The molecule has 0 unspecified atom stereocenters. The van der Waals surface area contributed by atoms with E-state index in [0.29, 0.717) is 32.9 Å². The van der Waals surface area contributed by atoms with E-state index in [1.54, 1.807) is 12.1 Å². The topological polar surface area (TPSA) is 60.6 Å². The summed E-state index contributed by atoms with van der Waals surface area (Å²) in [6, 6.07) is 18.7. The van der Waals surface area contributed by atoms with Crippen LogP contribution in [0.15, 0.2) is 60.7 Å². The molecule has 0 bridgehead atoms. The summed E-state index contributed by atoms with van der Waals surface area (Å²) in [6.07, 6.45) is 0.958. The summed E-state index contributed by atoms with van der Waals surface area (Å²) in [6.45, 7) is 0. The van der Waals surface area contributed by atoms with Crippen LogP contribution >= 0.6 is 46.4 Å². The number of nitrogens with one attached hydrogen (secondary N) is 1. The van der Waals surface area contributed by atoms with Crippen LogP contribution in [0.25, 0.3) is 0 Å². The van der Waals surface area contributed by atoms with Crippen molar-refractivity contribution in [3.05, 3.63) is 97.4 Å². The molecule has 4 rings (SSSR count). The van der Waals surface area contributed by atoms with Crippen molar-refractivity contribution in [3.8, 4) is 0 Å². The SMILES string of the molecule is O.O=C1Nc2ccccc2C1(Cc1ccc(Cl)c(Cl)c1)Cc1ccc(Cl)c(Cl)c1. The first kappa shape index (κ1) is 21.9. The number of fused-ring (bicyclic) bond motifs is 1. The molecule has 3 N–H and O–H groups in total. The van der Waals surface area contributed by atoms with E-state index in [9.17, 15) is 4.79 Å². The number of halogens is 4. The minimum atomic E-state index is -0.787. The Morgan fingerprint density at radius 2 is 1.24 bits per heavy atom. The Balaban J connectivity index is 0.00000240. The second-order valence-corrected chi connectivity index (χ2v) is 8.56. The summed E-state index contributed by atoms with van der Waals surface area (Å²) in [7, 11) is 0. The van der Waals surface area contributed by atoms with Crippen LogP contribution in [0, 0.1) is 0 Å². The maximum Gasteiger partial charge on any atom is 0.235 e. The fourth-order valence-electron chi connectivity index (χ4n) is 3.78. The number of benzene rings is 3. The summed E-state index contributed by atoms with van der Waals surface area (Å²) in [5, 5.41) is 4.93. The van der Waals surface area contributed by atoms with Crippen molar-refractivity contribution in [1.82, 2.24) is 0 Å². The molecule has 1 aliphatic heterocycles. The van der Waals surface area contributed by atoms with Gasteiger partial charge in [0.05, 0.1) is 25.5 Å². The normalized spacial score (nSPS) is 14.1. The van der Waals surface area contributed by atoms with Crippen LogP contribution in [0.2, 0.25) is 20.1 Å². The molecule has 0 radical (unpaired) electrons. The smallest absolute Gasteiger partial charge is 0.235 e. The van der Waals surface area contributed by atoms with Gasteiger partial charge >= 0.3 is 0 Å². The van der Waals surface area contributed by atoms with E-state index < -0.39 is 5.41 Å². The Bertz CT molecular complexity index is 1030. The Labute approximate surface area is 188 Å². The first-order chi connectivity index (χ1) is 13.4. The lowest BCUT2D eigenvalue weighted by Gasteiger charge is -2.28. The number of carbonyl (C=O) groups excluding carboxylic acids is 1. The van der Waals surface area contributed by atoms with E-state index in [1.165, 1.54) is 0 Å². The van der Waals surface area contributed by atoms with Gasteiger partial charge in [0.1, 0.15) is 0 Å². The van der Waals surface area contributed by atoms with Crippen molar-refractivity contribution >= 4 is 58.0 Å².